The first-order chi connectivity index (χ1) is 5.36. The van der Waals surface area contributed by atoms with E-state index in [0.717, 1.165) is 19.5 Å². The molecule has 0 aliphatic carbocycles. The van der Waals surface area contributed by atoms with E-state index in [4.69, 9.17) is 5.73 Å². The van der Waals surface area contributed by atoms with Crippen LogP contribution in [0.15, 0.2) is 18.7 Å². The lowest BCUT2D eigenvalue weighted by Crippen LogP contribution is -2.18. The standard InChI is InChI=1S/C8H15N3/c1-2-8(5-9)6-11-4-3-10-7-11/h3-4,7-8H,2,5-6,9H2,1H3/t8-/m0/s1. The van der Waals surface area contributed by atoms with Gasteiger partial charge in [-0.2, -0.15) is 0 Å². The summed E-state index contributed by atoms with van der Waals surface area (Å²) in [5.74, 6) is 0.587. The van der Waals surface area contributed by atoms with Crippen molar-refractivity contribution in [2.24, 2.45) is 11.7 Å². The van der Waals surface area contributed by atoms with E-state index in [9.17, 15) is 0 Å². The Morgan fingerprint density at radius 2 is 2.45 bits per heavy atom. The van der Waals surface area contributed by atoms with Crippen LogP contribution in [0.1, 0.15) is 13.3 Å². The topological polar surface area (TPSA) is 43.8 Å². The largest absolute Gasteiger partial charge is 0.337 e. The molecular formula is C8H15N3. The van der Waals surface area contributed by atoms with E-state index in [1.54, 1.807) is 6.20 Å². The molecule has 0 saturated heterocycles. The molecule has 0 unspecified atom stereocenters. The van der Waals surface area contributed by atoms with Crippen LogP contribution >= 0.6 is 0 Å². The van der Waals surface area contributed by atoms with Gasteiger partial charge in [-0.05, 0) is 12.5 Å². The molecule has 3 nitrogen and oxygen atoms in total. The molecule has 1 heterocycles. The minimum absolute atomic E-state index is 0.587. The lowest BCUT2D eigenvalue weighted by molar-refractivity contribution is 0.440. The zero-order chi connectivity index (χ0) is 8.10. The van der Waals surface area contributed by atoms with Crippen LogP contribution in [0, 0.1) is 5.92 Å². The van der Waals surface area contributed by atoms with Gasteiger partial charge in [0, 0.05) is 18.9 Å². The van der Waals surface area contributed by atoms with Crippen molar-refractivity contribution in [3.8, 4) is 0 Å². The summed E-state index contributed by atoms with van der Waals surface area (Å²) in [5, 5.41) is 0. The molecular weight excluding hydrogens is 138 g/mol. The first kappa shape index (κ1) is 8.27. The van der Waals surface area contributed by atoms with Crippen molar-refractivity contribution >= 4 is 0 Å². The number of hydrogen-bond acceptors (Lipinski definition) is 2. The van der Waals surface area contributed by atoms with Gasteiger partial charge in [0.05, 0.1) is 6.33 Å². The quantitative estimate of drug-likeness (QED) is 0.697. The van der Waals surface area contributed by atoms with Gasteiger partial charge in [0.15, 0.2) is 0 Å². The summed E-state index contributed by atoms with van der Waals surface area (Å²) in [4.78, 5) is 3.97. The highest BCUT2D eigenvalue weighted by Crippen LogP contribution is 2.03. The van der Waals surface area contributed by atoms with Crippen molar-refractivity contribution < 1.29 is 0 Å². The predicted octanol–water partition coefficient (Wildman–Crippen LogP) is 0.868. The van der Waals surface area contributed by atoms with E-state index in [1.807, 2.05) is 12.5 Å². The summed E-state index contributed by atoms with van der Waals surface area (Å²) in [5.41, 5.74) is 5.57. The second kappa shape index (κ2) is 4.13. The normalized spacial score (nSPS) is 13.3. The Morgan fingerprint density at radius 1 is 1.64 bits per heavy atom. The maximum Gasteiger partial charge on any atom is 0.0946 e. The molecule has 0 bridgehead atoms. The van der Waals surface area contributed by atoms with Crippen LogP contribution in [-0.2, 0) is 6.54 Å². The van der Waals surface area contributed by atoms with E-state index in [-0.39, 0.29) is 0 Å². The Balaban J connectivity index is 2.41. The molecule has 0 radical (unpaired) electrons. The molecule has 0 aliphatic heterocycles. The summed E-state index contributed by atoms with van der Waals surface area (Å²) in [7, 11) is 0. The highest BCUT2D eigenvalue weighted by Gasteiger charge is 2.02. The highest BCUT2D eigenvalue weighted by molar-refractivity contribution is 4.75. The first-order valence-electron chi connectivity index (χ1n) is 4.02. The fraction of sp³-hybridized carbons (Fsp3) is 0.625. The Labute approximate surface area is 67.2 Å². The monoisotopic (exact) mass is 153 g/mol. The molecule has 0 fully saturated rings. The van der Waals surface area contributed by atoms with E-state index in [2.05, 4.69) is 16.5 Å². The van der Waals surface area contributed by atoms with E-state index in [0.29, 0.717) is 5.92 Å². The van der Waals surface area contributed by atoms with Gasteiger partial charge in [-0.3, -0.25) is 0 Å². The number of nitrogens with two attached hydrogens (primary N) is 1. The lowest BCUT2D eigenvalue weighted by atomic mass is 10.1. The summed E-state index contributed by atoms with van der Waals surface area (Å²) in [6.45, 7) is 3.91. The average molecular weight is 153 g/mol. The number of imidazole rings is 1. The summed E-state index contributed by atoms with van der Waals surface area (Å²) in [6.07, 6.45) is 6.73. The Morgan fingerprint density at radius 3 is 2.91 bits per heavy atom. The van der Waals surface area contributed by atoms with E-state index in [1.165, 1.54) is 0 Å². The van der Waals surface area contributed by atoms with Gasteiger partial charge in [-0.15, -0.1) is 0 Å². The molecule has 1 aromatic heterocycles. The molecule has 0 aliphatic rings. The molecule has 1 rings (SSSR count). The van der Waals surface area contributed by atoms with Gasteiger partial charge in [0.25, 0.3) is 0 Å². The SMILES string of the molecule is CC[C@@H](CN)Cn1ccnc1. The molecule has 1 aromatic rings. The molecule has 0 saturated carbocycles. The van der Waals surface area contributed by atoms with Gasteiger partial charge >= 0.3 is 0 Å². The number of nitrogens with zero attached hydrogens (tertiary/aromatic N) is 2. The zero-order valence-electron chi connectivity index (χ0n) is 6.90. The lowest BCUT2D eigenvalue weighted by Gasteiger charge is -2.11. The van der Waals surface area contributed by atoms with E-state index < -0.39 is 0 Å². The highest BCUT2D eigenvalue weighted by atomic mass is 15.0. The van der Waals surface area contributed by atoms with Crippen molar-refractivity contribution in [1.82, 2.24) is 9.55 Å². The van der Waals surface area contributed by atoms with Gasteiger partial charge < -0.3 is 10.3 Å². The minimum atomic E-state index is 0.587. The van der Waals surface area contributed by atoms with Crippen LogP contribution < -0.4 is 5.73 Å². The summed E-state index contributed by atoms with van der Waals surface area (Å²) >= 11 is 0. The maximum absolute atomic E-state index is 5.57. The molecule has 3 heteroatoms. The Hall–Kier alpha value is -0.830. The van der Waals surface area contributed by atoms with Crippen LogP contribution in [0.4, 0.5) is 0 Å². The third-order valence-corrected chi connectivity index (χ3v) is 1.94. The van der Waals surface area contributed by atoms with Crippen molar-refractivity contribution in [3.05, 3.63) is 18.7 Å². The van der Waals surface area contributed by atoms with Crippen molar-refractivity contribution in [2.45, 2.75) is 19.9 Å². The van der Waals surface area contributed by atoms with Crippen LogP contribution in [0.25, 0.3) is 0 Å². The van der Waals surface area contributed by atoms with Crippen LogP contribution in [0.3, 0.4) is 0 Å². The second-order valence-corrected chi connectivity index (χ2v) is 2.77. The maximum atomic E-state index is 5.57. The summed E-state index contributed by atoms with van der Waals surface area (Å²) < 4.78 is 2.07. The number of hydrogen-bond donors (Lipinski definition) is 1. The molecule has 0 amide bonds. The van der Waals surface area contributed by atoms with Crippen LogP contribution in [0.5, 0.6) is 0 Å². The second-order valence-electron chi connectivity index (χ2n) is 2.77. The van der Waals surface area contributed by atoms with Gasteiger partial charge in [0.2, 0.25) is 0 Å². The molecule has 11 heavy (non-hydrogen) atoms. The minimum Gasteiger partial charge on any atom is -0.337 e. The molecule has 2 N–H and O–H groups in total. The smallest absolute Gasteiger partial charge is 0.0946 e. The fourth-order valence-corrected chi connectivity index (χ4v) is 1.06. The summed E-state index contributed by atoms with van der Waals surface area (Å²) in [6, 6.07) is 0. The van der Waals surface area contributed by atoms with Crippen molar-refractivity contribution in [3.63, 3.8) is 0 Å². The van der Waals surface area contributed by atoms with Gasteiger partial charge in [0.1, 0.15) is 0 Å². The van der Waals surface area contributed by atoms with Gasteiger partial charge in [-0.25, -0.2) is 4.98 Å². The predicted molar refractivity (Wildman–Crippen MR) is 45.1 cm³/mol. The van der Waals surface area contributed by atoms with Crippen molar-refractivity contribution in [1.29, 1.82) is 0 Å². The number of rotatable bonds is 4. The first-order valence-corrected chi connectivity index (χ1v) is 4.02. The number of aromatic nitrogens is 2. The van der Waals surface area contributed by atoms with E-state index >= 15 is 0 Å². The third-order valence-electron chi connectivity index (χ3n) is 1.94. The van der Waals surface area contributed by atoms with Gasteiger partial charge in [-0.1, -0.05) is 13.3 Å². The molecule has 62 valence electrons. The molecule has 0 aromatic carbocycles. The molecule has 1 atom stereocenters. The third kappa shape index (κ3) is 2.35. The molecule has 0 spiro atoms. The van der Waals surface area contributed by atoms with Crippen molar-refractivity contribution in [2.75, 3.05) is 6.54 Å². The zero-order valence-corrected chi connectivity index (χ0v) is 6.90. The fourth-order valence-electron chi connectivity index (χ4n) is 1.06. The Bertz CT molecular complexity index is 177. The average Bonchev–Trinajstić information content (AvgIpc) is 2.52. The van der Waals surface area contributed by atoms with Crippen LogP contribution in [0.2, 0.25) is 0 Å². The van der Waals surface area contributed by atoms with Crippen LogP contribution in [-0.4, -0.2) is 16.1 Å². The Kier molecular flexibility index (Phi) is 3.11.